The Morgan fingerprint density at radius 2 is 1.89 bits per heavy atom. The van der Waals surface area contributed by atoms with E-state index in [1.165, 1.54) is 6.20 Å². The predicted octanol–water partition coefficient (Wildman–Crippen LogP) is -0.231. The van der Waals surface area contributed by atoms with Gasteiger partial charge >= 0.3 is 5.97 Å². The van der Waals surface area contributed by atoms with Crippen molar-refractivity contribution >= 4 is 30.1 Å². The molecule has 0 unspecified atom stereocenters. The Morgan fingerprint density at radius 1 is 1.22 bits per heavy atom. The summed E-state index contributed by atoms with van der Waals surface area (Å²) in [7, 11) is 3.67. The van der Waals surface area contributed by atoms with E-state index in [2.05, 4.69) is 44.3 Å². The second-order valence-corrected chi connectivity index (χ2v) is 5.92. The van der Waals surface area contributed by atoms with Crippen molar-refractivity contribution in [3.63, 3.8) is 0 Å². The number of hydrogen-bond donors (Lipinski definition) is 8. The number of anilines is 3. The molecule has 1 aromatic rings. The number of hydrogen-bond acceptors (Lipinski definition) is 13. The first-order chi connectivity index (χ1) is 17.4. The molecule has 0 saturated heterocycles. The molecule has 0 radical (unpaired) electrons. The second kappa shape index (κ2) is 27.7. The van der Waals surface area contributed by atoms with Crippen molar-refractivity contribution in [1.82, 2.24) is 15.4 Å². The number of rotatable bonds is 14. The first-order valence-electron chi connectivity index (χ1n) is 10.8. The zero-order chi connectivity index (χ0) is 28.2. The Kier molecular flexibility index (Phi) is 28.4. The van der Waals surface area contributed by atoms with Crippen LogP contribution < -0.4 is 33.2 Å². The van der Waals surface area contributed by atoms with E-state index in [9.17, 15) is 9.59 Å². The number of aliphatic hydroxyl groups is 2. The lowest BCUT2D eigenvalue weighted by molar-refractivity contribution is -0.140. The van der Waals surface area contributed by atoms with Crippen molar-refractivity contribution < 1.29 is 24.5 Å². The van der Waals surface area contributed by atoms with E-state index >= 15 is 0 Å². The number of aliphatic hydroxyl groups excluding tert-OH is 2. The number of nitrogen functional groups attached to an aromatic ring is 1. The van der Waals surface area contributed by atoms with E-state index in [1.807, 2.05) is 6.92 Å². The largest absolute Gasteiger partial charge is 0.460 e. The van der Waals surface area contributed by atoms with Gasteiger partial charge in [-0.25, -0.2) is 4.79 Å². The van der Waals surface area contributed by atoms with Crippen LogP contribution in [-0.4, -0.2) is 87.0 Å². The van der Waals surface area contributed by atoms with Crippen molar-refractivity contribution in [1.29, 1.82) is 0 Å². The lowest BCUT2D eigenvalue weighted by atomic mass is 10.2. The third-order valence-electron chi connectivity index (χ3n) is 3.41. The average molecular weight is 515 g/mol. The van der Waals surface area contributed by atoms with Crippen LogP contribution >= 0.6 is 0 Å². The highest BCUT2D eigenvalue weighted by Gasteiger charge is 2.08. The van der Waals surface area contributed by atoms with Crippen LogP contribution in [0.5, 0.6) is 0 Å². The Balaban J connectivity index is -0.000000541. The van der Waals surface area contributed by atoms with Crippen molar-refractivity contribution in [3.05, 3.63) is 46.9 Å². The van der Waals surface area contributed by atoms with Gasteiger partial charge in [0.2, 0.25) is 5.95 Å². The molecule has 0 aliphatic rings. The summed E-state index contributed by atoms with van der Waals surface area (Å²) in [6.45, 7) is 11.1. The van der Waals surface area contributed by atoms with Gasteiger partial charge in [0.15, 0.2) is 5.82 Å². The molecule has 0 saturated carbocycles. The summed E-state index contributed by atoms with van der Waals surface area (Å²) in [4.78, 5) is 32.9. The second-order valence-electron chi connectivity index (χ2n) is 5.92. The van der Waals surface area contributed by atoms with Gasteiger partial charge in [0, 0.05) is 47.2 Å². The Hall–Kier alpha value is -3.56. The molecule has 1 rings (SSSR count). The van der Waals surface area contributed by atoms with E-state index in [0.29, 0.717) is 43.4 Å². The van der Waals surface area contributed by atoms with Gasteiger partial charge in [0.05, 0.1) is 12.2 Å². The van der Waals surface area contributed by atoms with Crippen LogP contribution in [0.1, 0.15) is 13.3 Å². The molecule has 0 aromatic carbocycles. The topological polar surface area (TPSA) is 222 Å². The Bertz CT molecular complexity index is 827. The molecule has 1 heterocycles. The molecule has 1 aromatic heterocycles. The zero-order valence-corrected chi connectivity index (χ0v) is 21.5. The van der Waals surface area contributed by atoms with Crippen molar-refractivity contribution in [2.75, 3.05) is 70.5 Å². The number of carbonyl (C=O) groups is 1. The number of esters is 1. The number of nitrogens with two attached hydrogens (primary N) is 2. The van der Waals surface area contributed by atoms with Gasteiger partial charge in [-0.1, -0.05) is 19.1 Å². The van der Waals surface area contributed by atoms with Gasteiger partial charge in [-0.3, -0.25) is 26.0 Å². The number of aliphatic imine (C=N–C) groups is 1. The number of aromatic nitrogens is 2. The summed E-state index contributed by atoms with van der Waals surface area (Å²) in [5, 5.41) is 19.6. The third kappa shape index (κ3) is 18.8. The van der Waals surface area contributed by atoms with Crippen molar-refractivity contribution in [3.8, 4) is 0 Å². The summed E-state index contributed by atoms with van der Waals surface area (Å²) in [5.74, 6) is 5.15. The van der Waals surface area contributed by atoms with Crippen molar-refractivity contribution in [2.45, 2.75) is 13.3 Å². The molecule has 10 N–H and O–H groups in total. The summed E-state index contributed by atoms with van der Waals surface area (Å²) >= 11 is 0. The molecular formula is C22H42N8O6. The lowest BCUT2D eigenvalue weighted by Crippen LogP contribution is -2.21. The number of nitrogens with one attached hydrogen (secondary N) is 4. The molecular weight excluding hydrogens is 472 g/mol. The van der Waals surface area contributed by atoms with Gasteiger partial charge in [-0.05, 0) is 19.2 Å². The fourth-order valence-electron chi connectivity index (χ4n) is 2.05. The van der Waals surface area contributed by atoms with Gasteiger partial charge in [0.1, 0.15) is 12.3 Å². The van der Waals surface area contributed by atoms with Crippen LogP contribution in [-0.2, 0) is 14.3 Å². The molecule has 36 heavy (non-hydrogen) atoms. The molecule has 0 atom stereocenters. The molecule has 0 bridgehead atoms. The minimum Gasteiger partial charge on any atom is -0.460 e. The maximum absolute atomic E-state index is 11.6. The maximum atomic E-state index is 11.6. The van der Waals surface area contributed by atoms with Gasteiger partial charge < -0.3 is 36.1 Å². The number of H-pyrrole nitrogens is 1. The normalized spacial score (nSPS) is 9.92. The fourth-order valence-corrected chi connectivity index (χ4v) is 2.05. The third-order valence-corrected chi connectivity index (χ3v) is 3.41. The smallest absolute Gasteiger partial charge is 0.339 e. The van der Waals surface area contributed by atoms with Crippen molar-refractivity contribution in [2.24, 2.45) is 10.8 Å². The molecule has 14 nitrogen and oxygen atoms in total. The van der Waals surface area contributed by atoms with Crippen LogP contribution in [0.4, 0.5) is 17.5 Å². The van der Waals surface area contributed by atoms with Gasteiger partial charge in [0.25, 0.3) is 5.56 Å². The number of carbonyl (C=O) groups excluding carboxylic acids is 1. The van der Waals surface area contributed by atoms with E-state index in [1.54, 1.807) is 25.3 Å². The summed E-state index contributed by atoms with van der Waals surface area (Å²) < 4.78 is 10.2. The summed E-state index contributed by atoms with van der Waals surface area (Å²) in [6.07, 6.45) is 7.18. The zero-order valence-electron chi connectivity index (χ0n) is 21.5. The van der Waals surface area contributed by atoms with Gasteiger partial charge in [-0.2, -0.15) is 4.98 Å². The number of hydrazine groups is 1. The molecule has 0 amide bonds. The quantitative estimate of drug-likeness (QED) is 0.0236. The molecule has 0 aliphatic heterocycles. The number of nitrogens with zero attached hydrogens (tertiary/aromatic N) is 2. The van der Waals surface area contributed by atoms with E-state index in [4.69, 9.17) is 31.3 Å². The maximum Gasteiger partial charge on any atom is 0.339 e. The lowest BCUT2D eigenvalue weighted by Gasteiger charge is -2.08. The first kappa shape index (κ1) is 37.0. The first-order valence-corrected chi connectivity index (χ1v) is 10.8. The summed E-state index contributed by atoms with van der Waals surface area (Å²) in [6, 6.07) is 0. The number of ether oxygens (including phenoxy) is 2. The number of aromatic amines is 1. The van der Waals surface area contributed by atoms with E-state index in [-0.39, 0.29) is 18.1 Å². The molecule has 206 valence electrons. The van der Waals surface area contributed by atoms with Crippen LogP contribution in [0.2, 0.25) is 0 Å². The van der Waals surface area contributed by atoms with Gasteiger partial charge in [-0.15, -0.1) is 6.58 Å². The monoisotopic (exact) mass is 514 g/mol. The highest BCUT2D eigenvalue weighted by atomic mass is 16.6. The van der Waals surface area contributed by atoms with Crippen LogP contribution in [0, 0.1) is 0 Å². The van der Waals surface area contributed by atoms with Crippen LogP contribution in [0.15, 0.2) is 46.4 Å². The van der Waals surface area contributed by atoms with E-state index < -0.39 is 5.97 Å². The highest BCUT2D eigenvalue weighted by molar-refractivity contribution is 5.91. The molecule has 0 spiro atoms. The average Bonchev–Trinajstić information content (AvgIpc) is 2.90. The predicted molar refractivity (Wildman–Crippen MR) is 145 cm³/mol. The minimum atomic E-state index is -0.462. The Morgan fingerprint density at radius 3 is 2.42 bits per heavy atom. The Labute approximate surface area is 212 Å². The standard InChI is InChI=1S/C12H21N3O3.C8H13N5O.2CH4O/c1-3-7-17-8-9-18-12(16)11(10-14-2)5-4-6-15-13;1-3-4-11-5-6(10-2)12-8(9)13-7(5)14;2*1-2/h4-5,10,15H,2-3,6-9,13H2,1H3;3,11H,1,4H2,2H3,(H4,9,10,12,13,14);2*2H,1H3/b5-4-,11-10+;;;. The SMILES string of the molecule is C=CCNc1c(NC)nc(N)[nH]c1=O.C=N/C=C(\C=C/CNN)C(=O)OCCOCCC.CO.CO. The molecule has 14 heteroatoms. The molecule has 0 aliphatic carbocycles. The van der Waals surface area contributed by atoms with E-state index in [0.717, 1.165) is 20.6 Å². The highest BCUT2D eigenvalue weighted by Crippen LogP contribution is 2.12. The fraction of sp³-hybridized carbons (Fsp3) is 0.455. The minimum absolute atomic E-state index is 0.0866. The van der Waals surface area contributed by atoms with Crippen LogP contribution in [0.25, 0.3) is 0 Å². The molecule has 0 fully saturated rings. The van der Waals surface area contributed by atoms with Crippen LogP contribution in [0.3, 0.4) is 0 Å². The summed E-state index contributed by atoms with van der Waals surface area (Å²) in [5.41, 5.74) is 8.19.